The van der Waals surface area contributed by atoms with E-state index in [1.54, 1.807) is 12.1 Å². The highest BCUT2D eigenvalue weighted by molar-refractivity contribution is 6.17. The molecule has 9 heteroatoms. The number of carbonyl (C=O) groups excluding carboxylic acids is 1. The number of hydrogen-bond donors (Lipinski definition) is 0. The van der Waals surface area contributed by atoms with Crippen molar-refractivity contribution in [2.24, 2.45) is 0 Å². The van der Waals surface area contributed by atoms with Crippen molar-refractivity contribution in [2.75, 3.05) is 0 Å². The largest absolute Gasteiger partial charge is 0.416 e. The lowest BCUT2D eigenvalue weighted by Crippen LogP contribution is -2.16. The number of rotatable bonds is 8. The molecule has 0 atom stereocenters. The van der Waals surface area contributed by atoms with Crippen LogP contribution in [0, 0.1) is 11.3 Å². The zero-order chi connectivity index (χ0) is 52.3. The number of nitriles is 1. The molecule has 0 amide bonds. The van der Waals surface area contributed by atoms with E-state index in [9.17, 15) is 10.1 Å². The van der Waals surface area contributed by atoms with E-state index >= 15 is 0 Å². The first-order valence-corrected chi connectivity index (χ1v) is 26.3. The van der Waals surface area contributed by atoms with Crippen molar-refractivity contribution in [3.05, 3.63) is 265 Å². The monoisotopic (exact) mass is 1010 g/mol. The van der Waals surface area contributed by atoms with Gasteiger partial charge in [0.2, 0.25) is 5.89 Å². The van der Waals surface area contributed by atoms with Crippen LogP contribution in [0.15, 0.2) is 253 Å². The molecule has 0 aliphatic carbocycles. The van der Waals surface area contributed by atoms with Crippen LogP contribution < -0.4 is 0 Å². The van der Waals surface area contributed by atoms with Gasteiger partial charge in [0.25, 0.3) is 5.89 Å². The summed E-state index contributed by atoms with van der Waals surface area (Å²) in [6, 6.07) is 87.3. The van der Waals surface area contributed by atoms with Crippen LogP contribution in [0.1, 0.15) is 21.5 Å². The Labute approximate surface area is 450 Å². The van der Waals surface area contributed by atoms with E-state index in [1.807, 2.05) is 42.5 Å². The van der Waals surface area contributed by atoms with Gasteiger partial charge in [-0.15, -0.1) is 10.2 Å². The molecule has 0 radical (unpaired) electrons. The Balaban J connectivity index is 1.16. The molecule has 0 saturated carbocycles. The molecule has 16 aromatic rings. The maximum absolute atomic E-state index is 13.7. The Bertz CT molecular complexity index is 5030. The topological polar surface area (TPSA) is 99.5 Å². The van der Waals surface area contributed by atoms with E-state index < -0.39 is 0 Å². The summed E-state index contributed by atoms with van der Waals surface area (Å²) in [5.74, 6) is 0.355. The van der Waals surface area contributed by atoms with Gasteiger partial charge in [0.15, 0.2) is 5.78 Å². The fourth-order valence-electron chi connectivity index (χ4n) is 12.5. The van der Waals surface area contributed by atoms with Gasteiger partial charge in [0, 0.05) is 59.8 Å². The average molecular weight is 1010 g/mol. The summed E-state index contributed by atoms with van der Waals surface area (Å²) in [4.78, 5) is 13.7. The maximum atomic E-state index is 13.7. The van der Waals surface area contributed by atoms with Crippen LogP contribution in [0.5, 0.6) is 0 Å². The summed E-state index contributed by atoms with van der Waals surface area (Å²) in [5, 5.41) is 31.1. The number of benzene rings is 11. The molecule has 11 aromatic carbocycles. The number of para-hydroxylation sites is 8. The molecule has 368 valence electrons. The smallest absolute Gasteiger partial charge is 0.252 e. The molecule has 16 rings (SSSR count). The van der Waals surface area contributed by atoms with E-state index in [0.29, 0.717) is 39.2 Å². The number of hydrogen-bond acceptors (Lipinski definition) is 5. The van der Waals surface area contributed by atoms with Crippen molar-refractivity contribution >= 4 is 93.0 Å². The minimum Gasteiger partial charge on any atom is -0.416 e. The van der Waals surface area contributed by atoms with E-state index in [1.165, 1.54) is 0 Å². The Morgan fingerprint density at radius 1 is 0.329 bits per heavy atom. The number of nitrogens with zero attached hydrogens (tertiary/aromatic N) is 7. The molecule has 79 heavy (non-hydrogen) atoms. The van der Waals surface area contributed by atoms with Crippen molar-refractivity contribution in [1.82, 2.24) is 28.5 Å². The zero-order valence-corrected chi connectivity index (χ0v) is 42.1. The number of fused-ring (bicyclic) bond motifs is 12. The van der Waals surface area contributed by atoms with Crippen LogP contribution in [-0.4, -0.2) is 34.2 Å². The number of ketones is 1. The molecule has 5 aromatic heterocycles. The Morgan fingerprint density at radius 2 is 0.633 bits per heavy atom. The van der Waals surface area contributed by atoms with E-state index in [-0.39, 0.29) is 17.6 Å². The van der Waals surface area contributed by atoms with Crippen molar-refractivity contribution in [1.29, 1.82) is 5.26 Å². The summed E-state index contributed by atoms with van der Waals surface area (Å²) < 4.78 is 16.5. The minimum atomic E-state index is -0.0880. The Hall–Kier alpha value is -11.1. The molecular formula is C70H41N7O2. The van der Waals surface area contributed by atoms with Crippen molar-refractivity contribution < 1.29 is 9.21 Å². The van der Waals surface area contributed by atoms with Gasteiger partial charge in [0.05, 0.1) is 72.4 Å². The first kappa shape index (κ1) is 44.2. The van der Waals surface area contributed by atoms with E-state index in [0.717, 1.165) is 98.6 Å². The third kappa shape index (κ3) is 6.40. The SMILES string of the molecule is N#Cc1c(-n2c3ccccc3c3ccccc32)c(-c2nnc(-c3ccc(C(=O)c4ccccc4)cc3)o2)c(-n2c3ccccc3c3ccccc32)c(-n2c3ccccc3c3ccccc32)c1-n1c2ccccc2c2ccccc21. The Kier molecular flexibility index (Phi) is 9.65. The lowest BCUT2D eigenvalue weighted by molar-refractivity contribution is 0.103. The van der Waals surface area contributed by atoms with Gasteiger partial charge < -0.3 is 22.7 Å². The van der Waals surface area contributed by atoms with Gasteiger partial charge in [-0.2, -0.15) is 5.26 Å². The molecular weight excluding hydrogens is 971 g/mol. The fourth-order valence-corrected chi connectivity index (χ4v) is 12.5. The van der Waals surface area contributed by atoms with Gasteiger partial charge in [0.1, 0.15) is 11.6 Å². The molecule has 5 heterocycles. The van der Waals surface area contributed by atoms with Crippen molar-refractivity contribution in [2.45, 2.75) is 0 Å². The first-order chi connectivity index (χ1) is 39.1. The minimum absolute atomic E-state index is 0.0880. The van der Waals surface area contributed by atoms with Gasteiger partial charge in [-0.1, -0.05) is 188 Å². The third-order valence-corrected chi connectivity index (χ3v) is 15.8. The lowest BCUT2D eigenvalue weighted by Gasteiger charge is -2.28. The highest BCUT2D eigenvalue weighted by Crippen LogP contribution is 2.52. The Morgan fingerprint density at radius 3 is 1.01 bits per heavy atom. The van der Waals surface area contributed by atoms with Gasteiger partial charge in [-0.25, -0.2) is 0 Å². The molecule has 0 spiro atoms. The highest BCUT2D eigenvalue weighted by Gasteiger charge is 2.37. The number of aromatic nitrogens is 6. The maximum Gasteiger partial charge on any atom is 0.252 e. The van der Waals surface area contributed by atoms with Crippen LogP contribution in [0.3, 0.4) is 0 Å². The number of carbonyl (C=O) groups is 1. The molecule has 0 unspecified atom stereocenters. The molecule has 0 N–H and O–H groups in total. The lowest BCUT2D eigenvalue weighted by atomic mass is 9.97. The standard InChI is InChI=1S/C70H41N7O2/c71-42-54-64(74-55-30-12-4-22-46(55)47-23-5-13-31-56(47)74)63(70-73-72-69(79-70)45-40-38-44(39-41-45)68(78)43-20-2-1-3-21-43)66(76-59-34-16-8-26-50(59)51-27-9-17-35-60(51)76)67(77-61-36-18-10-28-52(61)53-29-11-19-37-62(53)77)65(54)75-57-32-14-6-24-48(57)49-25-7-15-33-58(49)75/h1-41H. The van der Waals surface area contributed by atoms with E-state index in [2.05, 4.69) is 218 Å². The van der Waals surface area contributed by atoms with Crippen LogP contribution in [0.2, 0.25) is 0 Å². The molecule has 0 aliphatic heterocycles. The second-order valence-electron chi connectivity index (χ2n) is 19.9. The van der Waals surface area contributed by atoms with Crippen LogP contribution >= 0.6 is 0 Å². The molecule has 0 bridgehead atoms. The van der Waals surface area contributed by atoms with Crippen LogP contribution in [-0.2, 0) is 0 Å². The quantitative estimate of drug-likeness (QED) is 0.141. The molecule has 0 saturated heterocycles. The second kappa shape index (κ2) is 17.2. The predicted octanol–water partition coefficient (Wildman–Crippen LogP) is 16.9. The van der Waals surface area contributed by atoms with E-state index in [4.69, 9.17) is 14.6 Å². The summed E-state index contributed by atoms with van der Waals surface area (Å²) in [7, 11) is 0. The van der Waals surface area contributed by atoms with Gasteiger partial charge in [-0.3, -0.25) is 4.79 Å². The predicted molar refractivity (Wildman–Crippen MR) is 317 cm³/mol. The fraction of sp³-hybridized carbons (Fsp3) is 0. The first-order valence-electron chi connectivity index (χ1n) is 26.3. The van der Waals surface area contributed by atoms with Crippen LogP contribution in [0.4, 0.5) is 0 Å². The summed E-state index contributed by atoms with van der Waals surface area (Å²) >= 11 is 0. The van der Waals surface area contributed by atoms with Crippen molar-refractivity contribution in [3.8, 4) is 51.7 Å². The normalized spacial score (nSPS) is 11.8. The molecule has 0 fully saturated rings. The van der Waals surface area contributed by atoms with Gasteiger partial charge >= 0.3 is 0 Å². The van der Waals surface area contributed by atoms with Gasteiger partial charge in [-0.05, 0) is 60.7 Å². The average Bonchev–Trinajstić information content (AvgIpc) is 4.21. The zero-order valence-electron chi connectivity index (χ0n) is 42.1. The summed E-state index contributed by atoms with van der Waals surface area (Å²) in [6.07, 6.45) is 0. The summed E-state index contributed by atoms with van der Waals surface area (Å²) in [6.45, 7) is 0. The van der Waals surface area contributed by atoms with Crippen LogP contribution in [0.25, 0.3) is 133 Å². The molecule has 9 nitrogen and oxygen atoms in total. The highest BCUT2D eigenvalue weighted by atomic mass is 16.4. The summed E-state index contributed by atoms with van der Waals surface area (Å²) in [5.41, 5.74) is 12.8. The molecule has 0 aliphatic rings. The second-order valence-corrected chi connectivity index (χ2v) is 19.9. The third-order valence-electron chi connectivity index (χ3n) is 15.8. The van der Waals surface area contributed by atoms with Crippen molar-refractivity contribution in [3.63, 3.8) is 0 Å².